The van der Waals surface area contributed by atoms with Gasteiger partial charge in [0.1, 0.15) is 0 Å². The topological polar surface area (TPSA) is 77.8 Å². The van der Waals surface area contributed by atoms with Crippen molar-refractivity contribution in [3.8, 4) is 0 Å². The summed E-state index contributed by atoms with van der Waals surface area (Å²) in [6, 6.07) is 0. The van der Waals surface area contributed by atoms with E-state index in [1.54, 1.807) is 30.4 Å². The van der Waals surface area contributed by atoms with Crippen LogP contribution in [0, 0.1) is 0 Å². The Morgan fingerprint density at radius 3 is 2.08 bits per heavy atom. The predicted octanol–water partition coefficient (Wildman–Crippen LogP) is 4.49. The Labute approximate surface area is 157 Å². The molecule has 0 radical (unpaired) electrons. The minimum Gasteiger partial charge on any atom is -0.481 e. The highest BCUT2D eigenvalue weighted by molar-refractivity contribution is 5.66. The molecule has 26 heavy (non-hydrogen) atoms. The number of carboxylic acid groups (broad SMARTS) is 1. The van der Waals surface area contributed by atoms with E-state index < -0.39 is 18.2 Å². The monoisotopic (exact) mass is 360 g/mol. The van der Waals surface area contributed by atoms with Gasteiger partial charge in [-0.1, -0.05) is 79.8 Å². The molecule has 3 N–H and O–H groups in total. The summed E-state index contributed by atoms with van der Waals surface area (Å²) in [6.07, 6.45) is 25.0. The van der Waals surface area contributed by atoms with Crippen molar-refractivity contribution in [2.75, 3.05) is 0 Å². The van der Waals surface area contributed by atoms with E-state index in [0.717, 1.165) is 19.3 Å². The molecule has 0 aromatic rings. The third kappa shape index (κ3) is 18.2. The Balaban J connectivity index is 3.89. The van der Waals surface area contributed by atoms with Crippen LogP contribution in [-0.4, -0.2) is 33.5 Å². The van der Waals surface area contributed by atoms with Crippen molar-refractivity contribution in [3.05, 3.63) is 72.9 Å². The highest BCUT2D eigenvalue weighted by atomic mass is 16.4. The van der Waals surface area contributed by atoms with Gasteiger partial charge in [0.15, 0.2) is 0 Å². The number of carboxylic acids is 1. The van der Waals surface area contributed by atoms with Crippen molar-refractivity contribution in [1.82, 2.24) is 0 Å². The Hall–Kier alpha value is -2.17. The molecule has 144 valence electrons. The van der Waals surface area contributed by atoms with Crippen molar-refractivity contribution in [3.63, 3.8) is 0 Å². The van der Waals surface area contributed by atoms with Gasteiger partial charge in [-0.2, -0.15) is 0 Å². The van der Waals surface area contributed by atoms with Crippen LogP contribution in [0.3, 0.4) is 0 Å². The Kier molecular flexibility index (Phi) is 16.2. The molecule has 1 unspecified atom stereocenters. The van der Waals surface area contributed by atoms with Gasteiger partial charge in [0.2, 0.25) is 0 Å². The van der Waals surface area contributed by atoms with E-state index in [2.05, 4.69) is 25.2 Å². The van der Waals surface area contributed by atoms with E-state index in [1.165, 1.54) is 6.08 Å². The fourth-order valence-electron chi connectivity index (χ4n) is 1.91. The molecule has 0 aliphatic rings. The number of allylic oxidation sites excluding steroid dienone is 9. The maximum Gasteiger partial charge on any atom is 0.303 e. The summed E-state index contributed by atoms with van der Waals surface area (Å²) >= 11 is 0. The molecule has 0 amide bonds. The first-order valence-corrected chi connectivity index (χ1v) is 9.12. The van der Waals surface area contributed by atoms with Gasteiger partial charge in [-0.05, 0) is 32.1 Å². The number of rotatable bonds is 14. The molecule has 0 aromatic carbocycles. The second kappa shape index (κ2) is 17.6. The van der Waals surface area contributed by atoms with Crippen molar-refractivity contribution in [2.24, 2.45) is 0 Å². The molecule has 0 saturated carbocycles. The normalized spacial score (nSPS) is 15.5. The van der Waals surface area contributed by atoms with Crippen LogP contribution in [0.1, 0.15) is 45.4 Å². The fraction of sp³-hybridized carbons (Fsp3) is 0.409. The molecule has 0 rings (SSSR count). The smallest absolute Gasteiger partial charge is 0.303 e. The third-order valence-electron chi connectivity index (χ3n) is 3.32. The summed E-state index contributed by atoms with van der Waals surface area (Å²) in [4.78, 5) is 10.4. The number of hydrogen-bond acceptors (Lipinski definition) is 3. The van der Waals surface area contributed by atoms with Crippen LogP contribution in [0.4, 0.5) is 0 Å². The molecule has 0 aromatic heterocycles. The summed E-state index contributed by atoms with van der Waals surface area (Å²) in [5.74, 6) is -0.918. The van der Waals surface area contributed by atoms with Crippen LogP contribution < -0.4 is 0 Å². The minimum absolute atomic E-state index is 0.0556. The van der Waals surface area contributed by atoms with Crippen molar-refractivity contribution in [1.29, 1.82) is 0 Å². The average molecular weight is 360 g/mol. The van der Waals surface area contributed by atoms with Gasteiger partial charge in [0.25, 0.3) is 0 Å². The number of aliphatic hydroxyl groups is 2. The van der Waals surface area contributed by atoms with E-state index in [4.69, 9.17) is 5.11 Å². The maximum absolute atomic E-state index is 10.4. The Morgan fingerprint density at radius 1 is 0.808 bits per heavy atom. The van der Waals surface area contributed by atoms with Crippen molar-refractivity contribution < 1.29 is 20.1 Å². The number of aliphatic hydroxyl groups excluding tert-OH is 2. The first-order valence-electron chi connectivity index (χ1n) is 9.12. The number of hydrogen-bond donors (Lipinski definition) is 3. The highest BCUT2D eigenvalue weighted by Gasteiger charge is 2.02. The van der Waals surface area contributed by atoms with E-state index in [1.807, 2.05) is 18.2 Å². The summed E-state index contributed by atoms with van der Waals surface area (Å²) in [5, 5.41) is 27.8. The van der Waals surface area contributed by atoms with Gasteiger partial charge in [-0.3, -0.25) is 4.79 Å². The SMILES string of the molecule is CC/C=C\CC/C=C/C=C\CC(O)/C=C/C=C/C=C[C@@H](O)CCC(=O)O. The lowest BCUT2D eigenvalue weighted by Crippen LogP contribution is -2.05. The highest BCUT2D eigenvalue weighted by Crippen LogP contribution is 2.00. The van der Waals surface area contributed by atoms with E-state index >= 15 is 0 Å². The summed E-state index contributed by atoms with van der Waals surface area (Å²) in [5.41, 5.74) is 0. The van der Waals surface area contributed by atoms with Crippen LogP contribution >= 0.6 is 0 Å². The average Bonchev–Trinajstić information content (AvgIpc) is 2.61. The van der Waals surface area contributed by atoms with Crippen LogP contribution in [0.25, 0.3) is 0 Å². The van der Waals surface area contributed by atoms with Gasteiger partial charge >= 0.3 is 5.97 Å². The number of aliphatic carboxylic acids is 1. The molecule has 0 aliphatic heterocycles. The van der Waals surface area contributed by atoms with Gasteiger partial charge in [0.05, 0.1) is 12.2 Å². The summed E-state index contributed by atoms with van der Waals surface area (Å²) in [7, 11) is 0. The van der Waals surface area contributed by atoms with Crippen LogP contribution in [-0.2, 0) is 4.79 Å². The lowest BCUT2D eigenvalue weighted by Gasteiger charge is -2.00. The molecule has 4 nitrogen and oxygen atoms in total. The largest absolute Gasteiger partial charge is 0.481 e. The fourth-order valence-corrected chi connectivity index (χ4v) is 1.91. The first kappa shape index (κ1) is 23.8. The molecule has 0 bridgehead atoms. The second-order valence-corrected chi connectivity index (χ2v) is 5.77. The van der Waals surface area contributed by atoms with Gasteiger partial charge in [0, 0.05) is 6.42 Å². The maximum atomic E-state index is 10.4. The molecule has 0 fully saturated rings. The van der Waals surface area contributed by atoms with E-state index in [-0.39, 0.29) is 12.8 Å². The quantitative estimate of drug-likeness (QED) is 0.242. The standard InChI is InChI=1S/C22H32O4/c1-2-3-4-5-6-7-8-9-12-15-20(23)16-13-10-11-14-17-21(24)18-19-22(25)26/h3-4,7-14,16-17,20-21,23-24H,2,5-6,15,18-19H2,1H3,(H,25,26)/b4-3-,8-7+,11-10+,12-9-,16-13+,17-14?/t20?,21-/m1/s1. The number of carbonyl (C=O) groups is 1. The second-order valence-electron chi connectivity index (χ2n) is 5.77. The van der Waals surface area contributed by atoms with E-state index in [0.29, 0.717) is 6.42 Å². The van der Waals surface area contributed by atoms with Gasteiger partial charge in [-0.25, -0.2) is 0 Å². The van der Waals surface area contributed by atoms with Crippen LogP contribution in [0.15, 0.2) is 72.9 Å². The zero-order valence-electron chi connectivity index (χ0n) is 15.6. The molecule has 0 aliphatic carbocycles. The molecular weight excluding hydrogens is 328 g/mol. The third-order valence-corrected chi connectivity index (χ3v) is 3.32. The van der Waals surface area contributed by atoms with Gasteiger partial charge in [-0.15, -0.1) is 0 Å². The zero-order valence-corrected chi connectivity index (χ0v) is 15.6. The van der Waals surface area contributed by atoms with E-state index in [9.17, 15) is 15.0 Å². The van der Waals surface area contributed by atoms with Crippen LogP contribution in [0.5, 0.6) is 0 Å². The zero-order chi connectivity index (χ0) is 19.5. The lowest BCUT2D eigenvalue weighted by molar-refractivity contribution is -0.137. The van der Waals surface area contributed by atoms with Crippen molar-refractivity contribution in [2.45, 2.75) is 57.7 Å². The summed E-state index contributed by atoms with van der Waals surface area (Å²) in [6.45, 7) is 2.12. The molecule has 0 spiro atoms. The molecular formula is C22H32O4. The molecule has 0 heterocycles. The van der Waals surface area contributed by atoms with Crippen molar-refractivity contribution >= 4 is 5.97 Å². The lowest BCUT2D eigenvalue weighted by atomic mass is 10.2. The molecule has 2 atom stereocenters. The molecule has 0 saturated heterocycles. The Morgan fingerprint density at radius 2 is 1.42 bits per heavy atom. The Bertz CT molecular complexity index is 524. The molecule has 4 heteroatoms. The predicted molar refractivity (Wildman–Crippen MR) is 108 cm³/mol. The first-order chi connectivity index (χ1) is 12.6. The number of unbranched alkanes of at least 4 members (excludes halogenated alkanes) is 1. The van der Waals surface area contributed by atoms with Gasteiger partial charge < -0.3 is 15.3 Å². The van der Waals surface area contributed by atoms with Crippen LogP contribution in [0.2, 0.25) is 0 Å². The summed E-state index contributed by atoms with van der Waals surface area (Å²) < 4.78 is 0. The minimum atomic E-state index is -0.918.